The van der Waals surface area contributed by atoms with E-state index in [0.29, 0.717) is 11.9 Å². The zero-order chi connectivity index (χ0) is 11.5. The minimum absolute atomic E-state index is 0.559. The molecule has 1 aromatic rings. The van der Waals surface area contributed by atoms with Gasteiger partial charge in [0.05, 0.1) is 0 Å². The zero-order valence-corrected chi connectivity index (χ0v) is 11.3. The van der Waals surface area contributed by atoms with Gasteiger partial charge in [0.15, 0.2) is 0 Å². The number of aryl methyl sites for hydroxylation is 1. The van der Waals surface area contributed by atoms with Gasteiger partial charge in [-0.2, -0.15) is 11.8 Å². The number of halogens is 1. The Morgan fingerprint density at radius 1 is 1.56 bits per heavy atom. The second-order valence-electron chi connectivity index (χ2n) is 4.24. The standard InChI is InChI=1S/C12H17ClN2S/c1-9-5-10(7-13)6-12(14-9)15(2)11-3-4-16-8-11/h5-6,11H,3-4,7-8H2,1-2H3. The Hall–Kier alpha value is -0.410. The molecular weight excluding hydrogens is 240 g/mol. The minimum atomic E-state index is 0.559. The van der Waals surface area contributed by atoms with E-state index in [9.17, 15) is 0 Å². The topological polar surface area (TPSA) is 16.1 Å². The van der Waals surface area contributed by atoms with Gasteiger partial charge in [-0.25, -0.2) is 4.98 Å². The molecule has 2 nitrogen and oxygen atoms in total. The lowest BCUT2D eigenvalue weighted by molar-refractivity contribution is 0.690. The minimum Gasteiger partial charge on any atom is -0.356 e. The smallest absolute Gasteiger partial charge is 0.129 e. The van der Waals surface area contributed by atoms with Crippen LogP contribution in [0.15, 0.2) is 12.1 Å². The normalized spacial score (nSPS) is 20.1. The first-order valence-electron chi connectivity index (χ1n) is 5.55. The molecule has 1 aromatic heterocycles. The maximum absolute atomic E-state index is 5.88. The van der Waals surface area contributed by atoms with Crippen molar-refractivity contribution < 1.29 is 0 Å². The molecule has 4 heteroatoms. The average Bonchev–Trinajstić information content (AvgIpc) is 2.80. The average molecular weight is 257 g/mol. The van der Waals surface area contributed by atoms with Crippen LogP contribution in [0.25, 0.3) is 0 Å². The van der Waals surface area contributed by atoms with E-state index in [-0.39, 0.29) is 0 Å². The quantitative estimate of drug-likeness (QED) is 0.774. The van der Waals surface area contributed by atoms with E-state index in [2.05, 4.69) is 23.0 Å². The van der Waals surface area contributed by atoms with Gasteiger partial charge in [0.1, 0.15) is 5.82 Å². The fourth-order valence-electron chi connectivity index (χ4n) is 1.99. The van der Waals surface area contributed by atoms with Crippen molar-refractivity contribution in [3.05, 3.63) is 23.4 Å². The zero-order valence-electron chi connectivity index (χ0n) is 9.74. The Kier molecular flexibility index (Phi) is 3.98. The molecule has 2 heterocycles. The summed E-state index contributed by atoms with van der Waals surface area (Å²) < 4.78 is 0. The summed E-state index contributed by atoms with van der Waals surface area (Å²) in [5.41, 5.74) is 2.20. The predicted molar refractivity (Wildman–Crippen MR) is 72.7 cm³/mol. The van der Waals surface area contributed by atoms with Crippen LogP contribution in [-0.2, 0) is 5.88 Å². The summed E-state index contributed by atoms with van der Waals surface area (Å²) >= 11 is 7.91. The molecule has 0 saturated carbocycles. The van der Waals surface area contributed by atoms with Gasteiger partial charge in [0.2, 0.25) is 0 Å². The second kappa shape index (κ2) is 5.28. The lowest BCUT2D eigenvalue weighted by atomic mass is 10.2. The highest BCUT2D eigenvalue weighted by Gasteiger charge is 2.21. The number of rotatable bonds is 3. The lowest BCUT2D eigenvalue weighted by Gasteiger charge is -2.25. The Labute approximate surface area is 106 Å². The summed E-state index contributed by atoms with van der Waals surface area (Å²) in [7, 11) is 2.14. The Bertz CT molecular complexity index is 364. The molecule has 0 spiro atoms. The van der Waals surface area contributed by atoms with E-state index in [4.69, 9.17) is 11.6 Å². The summed E-state index contributed by atoms with van der Waals surface area (Å²) in [5.74, 6) is 4.10. The molecule has 1 fully saturated rings. The molecule has 0 aliphatic carbocycles. The molecule has 1 aliphatic rings. The fraction of sp³-hybridized carbons (Fsp3) is 0.583. The number of nitrogens with zero attached hydrogens (tertiary/aromatic N) is 2. The highest BCUT2D eigenvalue weighted by Crippen LogP contribution is 2.25. The van der Waals surface area contributed by atoms with Gasteiger partial charge in [-0.1, -0.05) is 0 Å². The Balaban J connectivity index is 2.21. The Morgan fingerprint density at radius 2 is 2.38 bits per heavy atom. The predicted octanol–water partition coefficient (Wildman–Crippen LogP) is 3.07. The van der Waals surface area contributed by atoms with Gasteiger partial charge in [-0.15, -0.1) is 11.6 Å². The molecule has 1 aliphatic heterocycles. The van der Waals surface area contributed by atoms with Crippen LogP contribution >= 0.6 is 23.4 Å². The van der Waals surface area contributed by atoms with Crippen LogP contribution < -0.4 is 4.90 Å². The number of thioether (sulfide) groups is 1. The van der Waals surface area contributed by atoms with E-state index in [0.717, 1.165) is 17.1 Å². The van der Waals surface area contributed by atoms with Crippen molar-refractivity contribution in [1.29, 1.82) is 0 Å². The number of alkyl halides is 1. The first-order chi connectivity index (χ1) is 7.70. The van der Waals surface area contributed by atoms with Crippen LogP contribution in [0.5, 0.6) is 0 Å². The summed E-state index contributed by atoms with van der Waals surface area (Å²) in [6.45, 7) is 2.02. The number of aromatic nitrogens is 1. The third kappa shape index (κ3) is 2.64. The van der Waals surface area contributed by atoms with Crippen molar-refractivity contribution in [3.8, 4) is 0 Å². The van der Waals surface area contributed by atoms with Gasteiger partial charge in [0.25, 0.3) is 0 Å². The van der Waals surface area contributed by atoms with Crippen LogP contribution in [0.2, 0.25) is 0 Å². The maximum Gasteiger partial charge on any atom is 0.129 e. The molecule has 0 aromatic carbocycles. The third-order valence-electron chi connectivity index (χ3n) is 2.97. The Morgan fingerprint density at radius 3 is 3.00 bits per heavy atom. The van der Waals surface area contributed by atoms with Crippen LogP contribution in [-0.4, -0.2) is 29.6 Å². The largest absolute Gasteiger partial charge is 0.356 e. The molecule has 0 radical (unpaired) electrons. The monoisotopic (exact) mass is 256 g/mol. The van der Waals surface area contributed by atoms with Crippen molar-refractivity contribution in [3.63, 3.8) is 0 Å². The van der Waals surface area contributed by atoms with Gasteiger partial charge in [-0.3, -0.25) is 0 Å². The number of hydrogen-bond donors (Lipinski definition) is 0. The van der Waals surface area contributed by atoms with Gasteiger partial charge in [0, 0.05) is 30.4 Å². The van der Waals surface area contributed by atoms with E-state index in [1.54, 1.807) is 0 Å². The van der Waals surface area contributed by atoms with E-state index < -0.39 is 0 Å². The summed E-state index contributed by atoms with van der Waals surface area (Å²) in [4.78, 5) is 6.88. The van der Waals surface area contributed by atoms with Crippen LogP contribution in [0.1, 0.15) is 17.7 Å². The van der Waals surface area contributed by atoms with Gasteiger partial charge < -0.3 is 4.90 Å². The van der Waals surface area contributed by atoms with Crippen molar-refractivity contribution in [2.24, 2.45) is 0 Å². The molecule has 1 atom stereocenters. The summed E-state index contributed by atoms with van der Waals surface area (Å²) in [6.07, 6.45) is 1.26. The molecule has 0 amide bonds. The van der Waals surface area contributed by atoms with Crippen molar-refractivity contribution >= 4 is 29.2 Å². The molecule has 16 heavy (non-hydrogen) atoms. The van der Waals surface area contributed by atoms with Crippen molar-refractivity contribution in [2.45, 2.75) is 25.3 Å². The second-order valence-corrected chi connectivity index (χ2v) is 5.65. The molecular formula is C12H17ClN2S. The molecule has 1 unspecified atom stereocenters. The lowest BCUT2D eigenvalue weighted by Crippen LogP contribution is -2.32. The van der Waals surface area contributed by atoms with Crippen LogP contribution in [0, 0.1) is 6.92 Å². The van der Waals surface area contributed by atoms with Crippen molar-refractivity contribution in [1.82, 2.24) is 4.98 Å². The molecule has 0 N–H and O–H groups in total. The van der Waals surface area contributed by atoms with E-state index in [1.165, 1.54) is 17.9 Å². The number of hydrogen-bond acceptors (Lipinski definition) is 3. The van der Waals surface area contributed by atoms with Crippen LogP contribution in [0.4, 0.5) is 5.82 Å². The first kappa shape index (κ1) is 12.1. The number of pyridine rings is 1. The van der Waals surface area contributed by atoms with Crippen molar-refractivity contribution in [2.75, 3.05) is 23.5 Å². The fourth-order valence-corrected chi connectivity index (χ4v) is 3.42. The van der Waals surface area contributed by atoms with Crippen LogP contribution in [0.3, 0.4) is 0 Å². The maximum atomic E-state index is 5.88. The summed E-state index contributed by atoms with van der Waals surface area (Å²) in [6, 6.07) is 4.78. The highest BCUT2D eigenvalue weighted by atomic mass is 35.5. The van der Waals surface area contributed by atoms with Gasteiger partial charge in [-0.05, 0) is 36.8 Å². The van der Waals surface area contributed by atoms with E-state index in [1.807, 2.05) is 24.8 Å². The number of anilines is 1. The molecule has 88 valence electrons. The molecule has 2 rings (SSSR count). The third-order valence-corrected chi connectivity index (χ3v) is 4.42. The van der Waals surface area contributed by atoms with Gasteiger partial charge >= 0.3 is 0 Å². The summed E-state index contributed by atoms with van der Waals surface area (Å²) in [5, 5.41) is 0. The molecule has 1 saturated heterocycles. The first-order valence-corrected chi connectivity index (χ1v) is 7.23. The highest BCUT2D eigenvalue weighted by molar-refractivity contribution is 7.99. The van der Waals surface area contributed by atoms with E-state index >= 15 is 0 Å². The molecule has 0 bridgehead atoms. The SMILES string of the molecule is Cc1cc(CCl)cc(N(C)C2CCSC2)n1.